The van der Waals surface area contributed by atoms with Gasteiger partial charge >= 0.3 is 0 Å². The second kappa shape index (κ2) is 6.58. The van der Waals surface area contributed by atoms with Crippen LogP contribution in [0.2, 0.25) is 0 Å². The smallest absolute Gasteiger partial charge is 0.193 e. The van der Waals surface area contributed by atoms with Crippen LogP contribution in [0.5, 0.6) is 0 Å². The normalized spacial score (nSPS) is 40.5. The number of hydrogen-bond donors (Lipinski definition) is 2. The van der Waals surface area contributed by atoms with Crippen molar-refractivity contribution in [1.29, 1.82) is 0 Å². The van der Waals surface area contributed by atoms with Crippen molar-refractivity contribution < 1.29 is 29.3 Å². The molecule has 0 aromatic rings. The van der Waals surface area contributed by atoms with Gasteiger partial charge in [-0.05, 0) is 58.6 Å². The summed E-state index contributed by atoms with van der Waals surface area (Å²) < 4.78 is 5.71. The Balaban J connectivity index is 2.32. The summed E-state index contributed by atoms with van der Waals surface area (Å²) in [7, 11) is 1.31. The second-order valence-electron chi connectivity index (χ2n) is 8.81. The molecule has 0 spiro atoms. The van der Waals surface area contributed by atoms with Crippen LogP contribution >= 0.6 is 0 Å². The van der Waals surface area contributed by atoms with Crippen LogP contribution in [0.1, 0.15) is 40.5 Å². The van der Waals surface area contributed by atoms with E-state index in [1.54, 1.807) is 33.8 Å². The highest BCUT2D eigenvalue weighted by atomic mass is 16.5. The van der Waals surface area contributed by atoms with Crippen molar-refractivity contribution in [3.05, 3.63) is 35.5 Å². The molecule has 0 amide bonds. The number of fused-ring (bicyclic) bond motifs is 2. The molecule has 2 N–H and O–H groups in total. The van der Waals surface area contributed by atoms with Crippen molar-refractivity contribution in [2.75, 3.05) is 7.11 Å². The summed E-state index contributed by atoms with van der Waals surface area (Å²) in [6.07, 6.45) is 4.82. The molecule has 6 heteroatoms. The van der Waals surface area contributed by atoms with Gasteiger partial charge in [-0.15, -0.1) is 0 Å². The van der Waals surface area contributed by atoms with Gasteiger partial charge in [0.25, 0.3) is 0 Å². The molecule has 0 radical (unpaired) electrons. The first-order valence-electron chi connectivity index (χ1n) is 9.57. The first kappa shape index (κ1) is 20.8. The van der Waals surface area contributed by atoms with Crippen LogP contribution in [-0.2, 0) is 19.1 Å². The number of ketones is 3. The highest BCUT2D eigenvalue weighted by molar-refractivity contribution is 6.22. The number of rotatable bonds is 4. The number of hydrogen-bond acceptors (Lipinski definition) is 6. The molecule has 3 aliphatic rings. The molecule has 6 atom stereocenters. The van der Waals surface area contributed by atoms with Crippen molar-refractivity contribution in [2.24, 2.45) is 17.3 Å². The van der Waals surface area contributed by atoms with Gasteiger partial charge in [0.15, 0.2) is 23.0 Å². The molecule has 1 saturated carbocycles. The summed E-state index contributed by atoms with van der Waals surface area (Å²) in [6, 6.07) is 0. The van der Waals surface area contributed by atoms with Gasteiger partial charge in [-0.2, -0.15) is 0 Å². The highest BCUT2D eigenvalue weighted by Crippen LogP contribution is 2.61. The third-order valence-electron chi connectivity index (χ3n) is 6.89. The third kappa shape index (κ3) is 2.55. The van der Waals surface area contributed by atoms with Crippen LogP contribution in [0, 0.1) is 17.3 Å². The maximum absolute atomic E-state index is 13.6. The van der Waals surface area contributed by atoms with Crippen molar-refractivity contribution in [3.63, 3.8) is 0 Å². The van der Waals surface area contributed by atoms with E-state index in [-0.39, 0.29) is 5.57 Å². The van der Waals surface area contributed by atoms with Gasteiger partial charge in [0.2, 0.25) is 0 Å². The molecule has 3 rings (SSSR count). The second-order valence-corrected chi connectivity index (χ2v) is 8.81. The topological polar surface area (TPSA) is 101 Å². The summed E-state index contributed by atoms with van der Waals surface area (Å²) in [5, 5.41) is 21.5. The number of Topliss-reactive ketones (excluding diaryl/α,β-unsaturated/α-hetero) is 1. The fraction of sp³-hybridized carbons (Fsp3) is 0.591. The van der Waals surface area contributed by atoms with Gasteiger partial charge in [-0.25, -0.2) is 0 Å². The standard InChI is InChI=1S/C22H28O6/c1-12(2)10-17(24)19(26)21(4)13-8-9-20(3,27)14(13)11-15-16(23)6-7-18(25)22(15,21)28-5/h6-7,10-11,13-14,17,24,27H,8-9H2,1-5H3/t13-,14+,17?,20-,21-,22-/m0/s1. The quantitative estimate of drug-likeness (QED) is 0.711. The van der Waals surface area contributed by atoms with Crippen LogP contribution in [0.4, 0.5) is 0 Å². The zero-order valence-electron chi connectivity index (χ0n) is 17.0. The molecule has 1 unspecified atom stereocenters. The van der Waals surface area contributed by atoms with E-state index in [1.165, 1.54) is 19.3 Å². The van der Waals surface area contributed by atoms with Crippen molar-refractivity contribution in [2.45, 2.75) is 57.8 Å². The average molecular weight is 388 g/mol. The fourth-order valence-electron chi connectivity index (χ4n) is 5.49. The molecule has 0 bridgehead atoms. The zero-order chi connectivity index (χ0) is 21.1. The van der Waals surface area contributed by atoms with Crippen LogP contribution < -0.4 is 0 Å². The number of allylic oxidation sites excluding steroid dienone is 2. The monoisotopic (exact) mass is 388 g/mol. The Morgan fingerprint density at radius 3 is 2.50 bits per heavy atom. The molecule has 1 fully saturated rings. The Morgan fingerprint density at radius 2 is 1.93 bits per heavy atom. The molecule has 0 aromatic carbocycles. The number of methoxy groups -OCH3 is 1. The van der Waals surface area contributed by atoms with Crippen LogP contribution in [0.25, 0.3) is 0 Å². The van der Waals surface area contributed by atoms with Gasteiger partial charge < -0.3 is 14.9 Å². The number of carbonyl (C=O) groups is 3. The van der Waals surface area contributed by atoms with Gasteiger partial charge in [0.1, 0.15) is 6.10 Å². The molecule has 0 aliphatic heterocycles. The van der Waals surface area contributed by atoms with Gasteiger partial charge in [-0.3, -0.25) is 14.4 Å². The van der Waals surface area contributed by atoms with E-state index in [1.807, 2.05) is 0 Å². The van der Waals surface area contributed by atoms with Crippen LogP contribution in [-0.4, -0.2) is 52.0 Å². The third-order valence-corrected chi connectivity index (χ3v) is 6.89. The molecule has 28 heavy (non-hydrogen) atoms. The van der Waals surface area contributed by atoms with Crippen molar-refractivity contribution in [3.8, 4) is 0 Å². The maximum atomic E-state index is 13.6. The fourth-order valence-corrected chi connectivity index (χ4v) is 5.49. The van der Waals surface area contributed by atoms with E-state index >= 15 is 0 Å². The first-order chi connectivity index (χ1) is 12.9. The predicted octanol–water partition coefficient (Wildman–Crippen LogP) is 1.70. The minimum Gasteiger partial charge on any atom is -0.390 e. The predicted molar refractivity (Wildman–Crippen MR) is 102 cm³/mol. The lowest BCUT2D eigenvalue weighted by Gasteiger charge is -2.55. The lowest BCUT2D eigenvalue weighted by atomic mass is 9.50. The van der Waals surface area contributed by atoms with E-state index in [4.69, 9.17) is 4.74 Å². The highest BCUT2D eigenvalue weighted by Gasteiger charge is 2.71. The largest absolute Gasteiger partial charge is 0.390 e. The molecule has 0 saturated heterocycles. The SMILES string of the molecule is CO[C@]12C(=O)C=CC(=O)C1=C[C@@H]1[C@H](CC[C@]1(C)O)[C@@]2(C)C(=O)C(O)C=C(C)C. The summed E-state index contributed by atoms with van der Waals surface area (Å²) in [6.45, 7) is 6.80. The molecule has 3 aliphatic carbocycles. The molecule has 0 aromatic heterocycles. The minimum atomic E-state index is -1.81. The van der Waals surface area contributed by atoms with Crippen LogP contribution in [0.15, 0.2) is 35.5 Å². The average Bonchev–Trinajstić information content (AvgIpc) is 2.92. The van der Waals surface area contributed by atoms with Crippen LogP contribution in [0.3, 0.4) is 0 Å². The van der Waals surface area contributed by atoms with E-state index < -0.39 is 51.9 Å². The number of aliphatic hydroxyl groups excluding tert-OH is 1. The lowest BCUT2D eigenvalue weighted by molar-refractivity contribution is -0.176. The molecule has 152 valence electrons. The Morgan fingerprint density at radius 1 is 1.29 bits per heavy atom. The Hall–Kier alpha value is -1.89. The number of aliphatic hydroxyl groups is 2. The molecule has 0 heterocycles. The van der Waals surface area contributed by atoms with E-state index in [0.717, 1.165) is 11.6 Å². The summed E-state index contributed by atoms with van der Waals surface area (Å²) in [5.74, 6) is -2.45. The Bertz CT molecular complexity index is 828. The van der Waals surface area contributed by atoms with Crippen molar-refractivity contribution >= 4 is 17.3 Å². The Kier molecular flexibility index (Phi) is 4.89. The van der Waals surface area contributed by atoms with E-state index in [2.05, 4.69) is 0 Å². The zero-order valence-corrected chi connectivity index (χ0v) is 17.0. The maximum Gasteiger partial charge on any atom is 0.193 e. The van der Waals surface area contributed by atoms with Gasteiger partial charge in [0.05, 0.1) is 11.0 Å². The molecular weight excluding hydrogens is 360 g/mol. The number of ether oxygens (including phenoxy) is 1. The lowest BCUT2D eigenvalue weighted by Crippen LogP contribution is -2.68. The van der Waals surface area contributed by atoms with E-state index in [0.29, 0.717) is 12.8 Å². The summed E-state index contributed by atoms with van der Waals surface area (Å²) in [5.41, 5.74) is -3.62. The minimum absolute atomic E-state index is 0.0752. The van der Waals surface area contributed by atoms with E-state index in [9.17, 15) is 24.6 Å². The van der Waals surface area contributed by atoms with Gasteiger partial charge in [0, 0.05) is 18.6 Å². The molecular formula is C22H28O6. The summed E-state index contributed by atoms with van der Waals surface area (Å²) >= 11 is 0. The van der Waals surface area contributed by atoms with Gasteiger partial charge in [-0.1, -0.05) is 17.7 Å². The summed E-state index contributed by atoms with van der Waals surface area (Å²) in [4.78, 5) is 39.5. The number of carbonyl (C=O) groups excluding carboxylic acids is 3. The first-order valence-corrected chi connectivity index (χ1v) is 9.57. The molecule has 6 nitrogen and oxygen atoms in total. The Labute approximate surface area is 165 Å². The van der Waals surface area contributed by atoms with Crippen molar-refractivity contribution in [1.82, 2.24) is 0 Å².